The molecule has 1 spiro atoms. The summed E-state index contributed by atoms with van der Waals surface area (Å²) in [6.07, 6.45) is 6.12. The van der Waals surface area contributed by atoms with Gasteiger partial charge < -0.3 is 19.5 Å². The van der Waals surface area contributed by atoms with Crippen molar-refractivity contribution >= 4 is 11.8 Å². The Balaban J connectivity index is 1.72. The Morgan fingerprint density at radius 1 is 1.11 bits per heavy atom. The van der Waals surface area contributed by atoms with E-state index in [1.165, 1.54) is 15.5 Å². The summed E-state index contributed by atoms with van der Waals surface area (Å²) in [5.41, 5.74) is 0.457. The first-order valence-corrected chi connectivity index (χ1v) is 12.8. The number of aliphatic hydroxyl groups is 1. The second-order valence-electron chi connectivity index (χ2n) is 10.6. The van der Waals surface area contributed by atoms with E-state index < -0.39 is 11.0 Å². The summed E-state index contributed by atoms with van der Waals surface area (Å²) < 4.78 is 1.49. The lowest BCUT2D eigenvalue weighted by molar-refractivity contribution is -0.157. The Morgan fingerprint density at radius 3 is 2.39 bits per heavy atom. The third-order valence-electron chi connectivity index (χ3n) is 8.13. The first kappa shape index (κ1) is 25.9. The number of rotatable bonds is 6. The summed E-state index contributed by atoms with van der Waals surface area (Å²) >= 11 is 0. The molecular weight excluding hydrogens is 454 g/mol. The molecule has 4 rings (SSSR count). The monoisotopic (exact) mass is 491 g/mol. The number of aromatic nitrogens is 1. The standard InChI is InChI=1S/C29H37N3O4/c1-5-21(2)26(34)31-16-15-29(36,28(19-31)13-9-10-14-28)20-32-18-24(27(35)30(3)4)23(17-25(32)33)22-11-7-6-8-12-22/h6-8,11-12,17-18,36H,2,5,9-10,13-16,19-20H2,1,3-4H3. The van der Waals surface area contributed by atoms with Crippen LogP contribution in [-0.4, -0.2) is 64.1 Å². The van der Waals surface area contributed by atoms with Crippen LogP contribution in [0.4, 0.5) is 0 Å². The lowest BCUT2D eigenvalue weighted by atomic mass is 9.65. The number of carbonyl (C=O) groups excluding carboxylic acids is 2. The number of nitrogens with zero attached hydrogens (tertiary/aromatic N) is 3. The summed E-state index contributed by atoms with van der Waals surface area (Å²) in [5, 5.41) is 12.1. The van der Waals surface area contributed by atoms with Crippen molar-refractivity contribution in [3.63, 3.8) is 0 Å². The normalized spacial score (nSPS) is 20.9. The van der Waals surface area contributed by atoms with Gasteiger partial charge in [0, 0.05) is 56.0 Å². The van der Waals surface area contributed by atoms with Crippen molar-refractivity contribution in [1.82, 2.24) is 14.4 Å². The van der Waals surface area contributed by atoms with Crippen LogP contribution in [0.3, 0.4) is 0 Å². The van der Waals surface area contributed by atoms with E-state index >= 15 is 0 Å². The fraction of sp³-hybridized carbons (Fsp3) is 0.483. The van der Waals surface area contributed by atoms with E-state index in [0.717, 1.165) is 31.2 Å². The maximum atomic E-state index is 13.3. The molecule has 7 heteroatoms. The smallest absolute Gasteiger partial charge is 0.255 e. The van der Waals surface area contributed by atoms with Gasteiger partial charge in [-0.2, -0.15) is 0 Å². The first-order chi connectivity index (χ1) is 17.1. The minimum Gasteiger partial charge on any atom is -0.387 e. The Labute approximate surface area is 213 Å². The molecule has 1 atom stereocenters. The second-order valence-corrected chi connectivity index (χ2v) is 10.6. The molecule has 1 saturated carbocycles. The molecule has 1 saturated heterocycles. The molecule has 0 radical (unpaired) electrons. The van der Waals surface area contributed by atoms with Gasteiger partial charge in [-0.25, -0.2) is 0 Å². The Morgan fingerprint density at radius 2 is 1.78 bits per heavy atom. The summed E-state index contributed by atoms with van der Waals surface area (Å²) in [5.74, 6) is -0.252. The molecular formula is C29H37N3O4. The number of pyridine rings is 1. The molecule has 1 aromatic heterocycles. The van der Waals surface area contributed by atoms with E-state index in [9.17, 15) is 19.5 Å². The van der Waals surface area contributed by atoms with Crippen LogP contribution in [0.15, 0.2) is 59.5 Å². The lowest BCUT2D eigenvalue weighted by Gasteiger charge is -2.52. The molecule has 7 nitrogen and oxygen atoms in total. The van der Waals surface area contributed by atoms with Gasteiger partial charge in [-0.3, -0.25) is 14.4 Å². The highest BCUT2D eigenvalue weighted by Gasteiger charge is 2.55. The first-order valence-electron chi connectivity index (χ1n) is 12.8. The van der Waals surface area contributed by atoms with Crippen LogP contribution in [0, 0.1) is 5.41 Å². The molecule has 192 valence electrons. The molecule has 2 fully saturated rings. The third kappa shape index (κ3) is 4.64. The molecule has 1 aliphatic carbocycles. The van der Waals surface area contributed by atoms with Crippen molar-refractivity contribution in [2.45, 2.75) is 57.6 Å². The van der Waals surface area contributed by atoms with E-state index in [-0.39, 0.29) is 23.9 Å². The number of hydrogen-bond donors (Lipinski definition) is 1. The maximum absolute atomic E-state index is 13.3. The largest absolute Gasteiger partial charge is 0.387 e. The van der Waals surface area contributed by atoms with Crippen LogP contribution >= 0.6 is 0 Å². The van der Waals surface area contributed by atoms with Crippen molar-refractivity contribution in [2.24, 2.45) is 5.41 Å². The molecule has 2 heterocycles. The molecule has 2 aliphatic rings. The van der Waals surface area contributed by atoms with Crippen molar-refractivity contribution in [3.8, 4) is 11.1 Å². The van der Waals surface area contributed by atoms with Crippen molar-refractivity contribution in [3.05, 3.63) is 70.7 Å². The van der Waals surface area contributed by atoms with E-state index in [1.54, 1.807) is 20.3 Å². The van der Waals surface area contributed by atoms with Gasteiger partial charge >= 0.3 is 0 Å². The zero-order chi connectivity index (χ0) is 26.1. The fourth-order valence-electron chi connectivity index (χ4n) is 5.89. The second kappa shape index (κ2) is 10.1. The quantitative estimate of drug-likeness (QED) is 0.625. The van der Waals surface area contributed by atoms with Gasteiger partial charge in [0.25, 0.3) is 11.5 Å². The number of likely N-dealkylation sites (tertiary alicyclic amines) is 1. The van der Waals surface area contributed by atoms with Crippen LogP contribution in [0.2, 0.25) is 0 Å². The molecule has 1 unspecified atom stereocenters. The number of carbonyl (C=O) groups is 2. The lowest BCUT2D eigenvalue weighted by Crippen LogP contribution is -2.62. The minimum atomic E-state index is -1.16. The number of benzene rings is 1. The van der Waals surface area contributed by atoms with E-state index in [1.807, 2.05) is 42.2 Å². The maximum Gasteiger partial charge on any atom is 0.255 e. The molecule has 36 heavy (non-hydrogen) atoms. The molecule has 2 amide bonds. The number of piperidine rings is 1. The van der Waals surface area contributed by atoms with Crippen LogP contribution in [0.5, 0.6) is 0 Å². The fourth-order valence-corrected chi connectivity index (χ4v) is 5.89. The molecule has 1 aromatic carbocycles. The predicted octanol–water partition coefficient (Wildman–Crippen LogP) is 3.71. The summed E-state index contributed by atoms with van der Waals surface area (Å²) in [4.78, 5) is 42.7. The highest BCUT2D eigenvalue weighted by molar-refractivity contribution is 6.00. The van der Waals surface area contributed by atoms with Crippen LogP contribution < -0.4 is 5.56 Å². The van der Waals surface area contributed by atoms with Crippen LogP contribution in [0.1, 0.15) is 55.8 Å². The summed E-state index contributed by atoms with van der Waals surface area (Å²) in [6.45, 7) is 6.80. The third-order valence-corrected chi connectivity index (χ3v) is 8.13. The van der Waals surface area contributed by atoms with Crippen molar-refractivity contribution < 1.29 is 14.7 Å². The van der Waals surface area contributed by atoms with Gasteiger partial charge in [0.05, 0.1) is 17.7 Å². The zero-order valence-electron chi connectivity index (χ0n) is 21.6. The molecule has 1 N–H and O–H groups in total. The number of amides is 2. The van der Waals surface area contributed by atoms with E-state index in [0.29, 0.717) is 42.6 Å². The highest BCUT2D eigenvalue weighted by atomic mass is 16.3. The van der Waals surface area contributed by atoms with Gasteiger partial charge in [0.1, 0.15) is 0 Å². The Kier molecular flexibility index (Phi) is 7.23. The summed E-state index contributed by atoms with van der Waals surface area (Å²) in [6, 6.07) is 10.9. The molecule has 1 aliphatic heterocycles. The number of hydrogen-bond acceptors (Lipinski definition) is 4. The van der Waals surface area contributed by atoms with Crippen LogP contribution in [0.25, 0.3) is 11.1 Å². The zero-order valence-corrected chi connectivity index (χ0v) is 21.6. The highest BCUT2D eigenvalue weighted by Crippen LogP contribution is 2.51. The van der Waals surface area contributed by atoms with Gasteiger partial charge in [0.15, 0.2) is 0 Å². The average Bonchev–Trinajstić information content (AvgIpc) is 3.36. The Hall–Kier alpha value is -3.19. The SMILES string of the molecule is C=C(CC)C(=O)N1CCC(O)(Cn2cc(C(=O)N(C)C)c(-c3ccccc3)cc2=O)C2(CCCC2)C1. The Bertz CT molecular complexity index is 1210. The van der Waals surface area contributed by atoms with Gasteiger partial charge in [-0.1, -0.05) is 56.7 Å². The van der Waals surface area contributed by atoms with E-state index in [4.69, 9.17) is 0 Å². The topological polar surface area (TPSA) is 82.8 Å². The van der Waals surface area contributed by atoms with E-state index in [2.05, 4.69) is 6.58 Å². The van der Waals surface area contributed by atoms with Gasteiger partial charge in [-0.15, -0.1) is 0 Å². The minimum absolute atomic E-state index is 0.0472. The van der Waals surface area contributed by atoms with Crippen LogP contribution in [-0.2, 0) is 11.3 Å². The summed E-state index contributed by atoms with van der Waals surface area (Å²) in [7, 11) is 3.37. The average molecular weight is 492 g/mol. The molecule has 2 aromatic rings. The van der Waals surface area contributed by atoms with Crippen molar-refractivity contribution in [1.29, 1.82) is 0 Å². The predicted molar refractivity (Wildman–Crippen MR) is 141 cm³/mol. The van der Waals surface area contributed by atoms with Crippen molar-refractivity contribution in [2.75, 3.05) is 27.2 Å². The molecule has 0 bridgehead atoms. The van der Waals surface area contributed by atoms with Gasteiger partial charge in [-0.05, 0) is 31.2 Å². The van der Waals surface area contributed by atoms with Gasteiger partial charge in [0.2, 0.25) is 5.91 Å².